The molecule has 0 atom stereocenters. The molecular weight excluding hydrogens is 526 g/mol. The Balaban J connectivity index is -0.0000000640. The van der Waals surface area contributed by atoms with Gasteiger partial charge in [-0.15, -0.1) is 0 Å². The second kappa shape index (κ2) is 30.0. The van der Waals surface area contributed by atoms with Crippen molar-refractivity contribution in [1.29, 1.82) is 0 Å². The second-order valence-electron chi connectivity index (χ2n) is 4.41. The summed E-state index contributed by atoms with van der Waals surface area (Å²) in [7, 11) is -8.53. The summed E-state index contributed by atoms with van der Waals surface area (Å²) in [6.45, 7) is -2.14. The summed E-state index contributed by atoms with van der Waals surface area (Å²) in [5.41, 5.74) is 0. The molecule has 11 N–H and O–H groups in total. The standard InChI is InChI=1S/C5H10NO7P.C3H8NO5P.CH2O2.CO2.CH4.O2.H2O/c7-4(8)1-6(2-5(9)10)3-14(11,12)13;5-3(6)1-4-2-10(7,8)9;2*2-1-3;;1-2;/h1-3H2,(H,7,8)(H,9,10)(H2,11,12,13);4H,1-2H2,(H,5,6)(H2,7,8,9);1H,(H,2,3);;1H4;;1H2. The van der Waals surface area contributed by atoms with Crippen LogP contribution in [-0.2, 0) is 37.9 Å². The Hall–Kier alpha value is -2.96. The number of carboxylic acid groups (broad SMARTS) is 4. The zero-order valence-corrected chi connectivity index (χ0v) is 17.9. The molecular formula is C11H26N2O19P2. The molecule has 0 aliphatic rings. The molecule has 0 bridgehead atoms. The van der Waals surface area contributed by atoms with Crippen LogP contribution in [0.25, 0.3) is 0 Å². The third-order valence-electron chi connectivity index (χ3n) is 1.70. The molecule has 0 aliphatic carbocycles. The van der Waals surface area contributed by atoms with Crippen LogP contribution in [0.1, 0.15) is 7.43 Å². The van der Waals surface area contributed by atoms with Gasteiger partial charge in [-0.25, -0.2) is 0 Å². The molecule has 0 saturated carbocycles. The molecule has 0 rings (SSSR count). The van der Waals surface area contributed by atoms with Crippen LogP contribution in [0.15, 0.2) is 0 Å². The Bertz CT molecular complexity index is 651. The van der Waals surface area contributed by atoms with E-state index < -0.39 is 65.3 Å². The minimum Gasteiger partial charge on any atom is -0.483 e. The molecule has 0 spiro atoms. The third kappa shape index (κ3) is 78.6. The lowest BCUT2D eigenvalue weighted by atomic mass is 10.5. The summed E-state index contributed by atoms with van der Waals surface area (Å²) in [5.74, 6) is -3.84. The quantitative estimate of drug-likeness (QED) is 0.0932. The van der Waals surface area contributed by atoms with Crippen LogP contribution in [-0.4, -0.2) is 113 Å². The van der Waals surface area contributed by atoms with E-state index in [2.05, 4.69) is 5.32 Å². The minimum absolute atomic E-state index is 0. The fraction of sp³-hybridized carbons (Fsp3) is 0.545. The van der Waals surface area contributed by atoms with Gasteiger partial charge >= 0.3 is 39.3 Å². The lowest BCUT2D eigenvalue weighted by Gasteiger charge is -2.17. The topological polar surface area (TPSA) is 379 Å². The first-order valence-corrected chi connectivity index (χ1v) is 10.5. The molecule has 0 radical (unpaired) electrons. The monoisotopic (exact) mass is 552 g/mol. The van der Waals surface area contributed by atoms with Crippen LogP contribution in [0.5, 0.6) is 0 Å². The van der Waals surface area contributed by atoms with E-state index in [1.54, 1.807) is 0 Å². The van der Waals surface area contributed by atoms with Gasteiger partial charge in [-0.05, 0) is 0 Å². The van der Waals surface area contributed by atoms with Gasteiger partial charge in [-0.1, -0.05) is 7.43 Å². The predicted octanol–water partition coefficient (Wildman–Crippen LogP) is -3.62. The molecule has 21 nitrogen and oxygen atoms in total. The van der Waals surface area contributed by atoms with Crippen molar-refractivity contribution in [1.82, 2.24) is 10.2 Å². The summed E-state index contributed by atoms with van der Waals surface area (Å²) in [4.78, 5) is 103. The average molecular weight is 552 g/mol. The fourth-order valence-corrected chi connectivity index (χ4v) is 2.23. The summed E-state index contributed by atoms with van der Waals surface area (Å²) in [6, 6.07) is 0. The third-order valence-corrected chi connectivity index (χ3v) is 3.10. The van der Waals surface area contributed by atoms with Gasteiger partial charge in [-0.3, -0.25) is 38.5 Å². The molecule has 0 heterocycles. The van der Waals surface area contributed by atoms with E-state index in [0.717, 1.165) is 0 Å². The number of hydrogen-bond acceptors (Lipinski definition) is 12. The van der Waals surface area contributed by atoms with Crippen LogP contribution in [0.2, 0.25) is 0 Å². The van der Waals surface area contributed by atoms with Crippen LogP contribution in [0.3, 0.4) is 0 Å². The molecule has 0 unspecified atom stereocenters. The van der Waals surface area contributed by atoms with Crippen molar-refractivity contribution >= 4 is 45.7 Å². The van der Waals surface area contributed by atoms with Gasteiger partial charge in [0.2, 0.25) is 0 Å². The number of rotatable bonds is 10. The highest BCUT2D eigenvalue weighted by Gasteiger charge is 2.22. The van der Waals surface area contributed by atoms with Gasteiger partial charge in [-0.2, -0.15) is 9.59 Å². The molecule has 204 valence electrons. The van der Waals surface area contributed by atoms with E-state index in [1.165, 1.54) is 0 Å². The predicted molar refractivity (Wildman–Crippen MR) is 107 cm³/mol. The number of carboxylic acids is 3. The van der Waals surface area contributed by atoms with E-state index in [0.29, 0.717) is 4.90 Å². The number of aliphatic carboxylic acids is 3. The zero-order chi connectivity index (χ0) is 27.0. The second-order valence-corrected chi connectivity index (χ2v) is 7.67. The van der Waals surface area contributed by atoms with Crippen molar-refractivity contribution in [3.8, 4) is 0 Å². The van der Waals surface area contributed by atoms with E-state index in [-0.39, 0.29) is 25.5 Å². The zero-order valence-electron chi connectivity index (χ0n) is 16.1. The molecule has 0 aromatic rings. The Morgan fingerprint density at radius 2 is 1.15 bits per heavy atom. The van der Waals surface area contributed by atoms with E-state index >= 15 is 0 Å². The maximum absolute atomic E-state index is 10.5. The van der Waals surface area contributed by atoms with Gasteiger partial charge in [0.15, 0.2) is 0 Å². The first-order valence-electron chi connectivity index (χ1n) is 6.87. The summed E-state index contributed by atoms with van der Waals surface area (Å²) < 4.78 is 20.5. The first kappa shape index (κ1) is 48.5. The van der Waals surface area contributed by atoms with Gasteiger partial charge in [0.25, 0.3) is 6.47 Å². The van der Waals surface area contributed by atoms with E-state index in [4.69, 9.17) is 64.3 Å². The van der Waals surface area contributed by atoms with Crippen molar-refractivity contribution in [2.45, 2.75) is 7.43 Å². The summed E-state index contributed by atoms with van der Waals surface area (Å²) in [6.07, 6.45) is -1.23. The molecule has 0 aromatic heterocycles. The number of carbonyl (C=O) groups is 4. The number of hydrogen-bond donors (Lipinski definition) is 9. The molecule has 34 heavy (non-hydrogen) atoms. The van der Waals surface area contributed by atoms with E-state index in [9.17, 15) is 23.5 Å². The Morgan fingerprint density at radius 3 is 1.32 bits per heavy atom. The van der Waals surface area contributed by atoms with Crippen LogP contribution in [0.4, 0.5) is 0 Å². The largest absolute Gasteiger partial charge is 0.483 e. The average Bonchev–Trinajstić information content (AvgIpc) is 2.54. The van der Waals surface area contributed by atoms with Crippen molar-refractivity contribution < 1.29 is 83.4 Å². The summed E-state index contributed by atoms with van der Waals surface area (Å²) >= 11 is 0. The number of nitrogens with one attached hydrogen (secondary N) is 1. The smallest absolute Gasteiger partial charge is 0.373 e. The highest BCUT2D eigenvalue weighted by molar-refractivity contribution is 7.51. The Labute approximate surface area is 189 Å². The molecule has 0 fully saturated rings. The molecule has 0 saturated heterocycles. The summed E-state index contributed by atoms with van der Waals surface area (Å²) in [5, 5.41) is 33.6. The van der Waals surface area contributed by atoms with Crippen molar-refractivity contribution in [2.75, 3.05) is 32.2 Å². The van der Waals surface area contributed by atoms with Crippen molar-refractivity contribution in [2.24, 2.45) is 0 Å². The minimum atomic E-state index is -4.44. The van der Waals surface area contributed by atoms with Crippen molar-refractivity contribution in [3.05, 3.63) is 9.93 Å². The number of nitrogens with zero attached hydrogens (tertiary/aromatic N) is 1. The van der Waals surface area contributed by atoms with Crippen LogP contribution >= 0.6 is 15.2 Å². The van der Waals surface area contributed by atoms with Crippen molar-refractivity contribution in [3.63, 3.8) is 0 Å². The van der Waals surface area contributed by atoms with Crippen LogP contribution in [0, 0.1) is 9.93 Å². The van der Waals surface area contributed by atoms with Gasteiger partial charge < -0.3 is 45.5 Å². The van der Waals surface area contributed by atoms with Gasteiger partial charge in [0, 0.05) is 9.93 Å². The molecule has 0 amide bonds. The SMILES string of the molecule is C.O.O=C(O)CN(CC(=O)O)CP(=O)(O)O.O=C(O)CNCP(=O)(O)O.O=C=O.O=CO.O=O. The van der Waals surface area contributed by atoms with Gasteiger partial charge in [0.05, 0.1) is 25.9 Å². The lowest BCUT2D eigenvalue weighted by Crippen LogP contribution is -2.35. The fourth-order valence-electron chi connectivity index (χ4n) is 1.11. The van der Waals surface area contributed by atoms with Gasteiger partial charge in [0.1, 0.15) is 6.29 Å². The highest BCUT2D eigenvalue weighted by atomic mass is 31.2. The highest BCUT2D eigenvalue weighted by Crippen LogP contribution is 2.34. The molecule has 0 aliphatic heterocycles. The Morgan fingerprint density at radius 1 is 0.853 bits per heavy atom. The Kier molecular flexibility index (Phi) is 42.8. The maximum Gasteiger partial charge on any atom is 0.373 e. The first-order chi connectivity index (χ1) is 14.4. The van der Waals surface area contributed by atoms with E-state index in [1.807, 2.05) is 0 Å². The van der Waals surface area contributed by atoms with Crippen LogP contribution < -0.4 is 5.32 Å². The number of carbonyl (C=O) groups excluding carboxylic acids is 2. The maximum atomic E-state index is 10.5. The normalized spacial score (nSPS) is 8.85. The lowest BCUT2D eigenvalue weighted by molar-refractivity contribution is -0.191. The molecule has 23 heteroatoms. The molecule has 0 aromatic carbocycles.